The Morgan fingerprint density at radius 3 is 2.77 bits per heavy atom. The Labute approximate surface area is 182 Å². The van der Waals surface area contributed by atoms with E-state index in [-0.39, 0.29) is 5.91 Å². The number of thiophene rings is 1. The first-order valence-corrected chi connectivity index (χ1v) is 11.7. The van der Waals surface area contributed by atoms with Gasteiger partial charge in [-0.25, -0.2) is 9.97 Å². The van der Waals surface area contributed by atoms with Crippen LogP contribution in [0.4, 0.5) is 11.4 Å². The van der Waals surface area contributed by atoms with Gasteiger partial charge in [0.25, 0.3) is 5.91 Å². The standard InChI is InChI=1S/C22H21N5OS2/c28-21(18-13-30-22(26-18)20-6-3-11-29-20)25-16-4-1-2-5-19(16)27-9-7-15(8-10-27)17-12-23-14-24-17/h1-6,11-15H,7-10H2,(H,23,24)(H,25,28). The predicted octanol–water partition coefficient (Wildman–Crippen LogP) is 5.23. The van der Waals surface area contributed by atoms with Crippen LogP contribution in [-0.4, -0.2) is 33.9 Å². The largest absolute Gasteiger partial charge is 0.370 e. The molecule has 0 spiro atoms. The Bertz CT molecular complexity index is 1110. The molecule has 2 N–H and O–H groups in total. The maximum Gasteiger partial charge on any atom is 0.275 e. The van der Waals surface area contributed by atoms with Crippen molar-refractivity contribution in [2.45, 2.75) is 18.8 Å². The zero-order chi connectivity index (χ0) is 20.3. The summed E-state index contributed by atoms with van der Waals surface area (Å²) in [6.45, 7) is 1.88. The zero-order valence-corrected chi connectivity index (χ0v) is 17.9. The molecule has 0 bridgehead atoms. The van der Waals surface area contributed by atoms with Gasteiger partial charge in [-0.05, 0) is 36.4 Å². The molecule has 4 heterocycles. The second kappa shape index (κ2) is 8.41. The Hall–Kier alpha value is -2.97. The molecule has 0 unspecified atom stereocenters. The predicted molar refractivity (Wildman–Crippen MR) is 123 cm³/mol. The second-order valence-corrected chi connectivity index (χ2v) is 9.06. The summed E-state index contributed by atoms with van der Waals surface area (Å²) in [6, 6.07) is 12.0. The van der Waals surface area contributed by atoms with Gasteiger partial charge in [-0.1, -0.05) is 18.2 Å². The minimum atomic E-state index is -0.172. The van der Waals surface area contributed by atoms with Crippen LogP contribution in [0, 0.1) is 0 Å². The molecule has 152 valence electrons. The molecule has 1 aliphatic rings. The fourth-order valence-corrected chi connectivity index (χ4v) is 5.47. The number of aromatic amines is 1. The fraction of sp³-hybridized carbons (Fsp3) is 0.227. The molecule has 0 saturated carbocycles. The fourth-order valence-electron chi connectivity index (χ4n) is 3.85. The summed E-state index contributed by atoms with van der Waals surface area (Å²) in [7, 11) is 0. The van der Waals surface area contributed by atoms with Gasteiger partial charge >= 0.3 is 0 Å². The van der Waals surface area contributed by atoms with Crippen LogP contribution in [0.3, 0.4) is 0 Å². The van der Waals surface area contributed by atoms with Crippen LogP contribution >= 0.6 is 22.7 Å². The lowest BCUT2D eigenvalue weighted by atomic mass is 9.93. The first-order valence-electron chi connectivity index (χ1n) is 9.91. The average Bonchev–Trinajstić information content (AvgIpc) is 3.57. The van der Waals surface area contributed by atoms with Crippen LogP contribution in [0.2, 0.25) is 0 Å². The molecule has 0 atom stereocenters. The molecule has 5 rings (SSSR count). The van der Waals surface area contributed by atoms with E-state index in [4.69, 9.17) is 0 Å². The quantitative estimate of drug-likeness (QED) is 0.450. The zero-order valence-electron chi connectivity index (χ0n) is 16.2. The van der Waals surface area contributed by atoms with Gasteiger partial charge in [-0.2, -0.15) is 0 Å². The number of para-hydroxylation sites is 2. The van der Waals surface area contributed by atoms with E-state index < -0.39 is 0 Å². The summed E-state index contributed by atoms with van der Waals surface area (Å²) in [6.07, 6.45) is 5.78. The van der Waals surface area contributed by atoms with E-state index in [1.165, 1.54) is 17.0 Å². The Balaban J connectivity index is 1.29. The number of thiazole rings is 1. The first kappa shape index (κ1) is 19.0. The molecule has 1 saturated heterocycles. The van der Waals surface area contributed by atoms with E-state index in [2.05, 4.69) is 31.2 Å². The van der Waals surface area contributed by atoms with E-state index in [0.717, 1.165) is 47.2 Å². The van der Waals surface area contributed by atoms with Crippen LogP contribution in [0.1, 0.15) is 34.9 Å². The van der Waals surface area contributed by atoms with Crippen LogP contribution in [0.25, 0.3) is 9.88 Å². The highest BCUT2D eigenvalue weighted by Gasteiger charge is 2.23. The molecule has 1 aliphatic heterocycles. The van der Waals surface area contributed by atoms with Crippen molar-refractivity contribution >= 4 is 40.0 Å². The van der Waals surface area contributed by atoms with E-state index >= 15 is 0 Å². The third-order valence-electron chi connectivity index (χ3n) is 5.42. The molecule has 3 aromatic heterocycles. The maximum atomic E-state index is 12.8. The highest BCUT2D eigenvalue weighted by molar-refractivity contribution is 7.20. The molecule has 0 aliphatic carbocycles. The van der Waals surface area contributed by atoms with E-state index in [9.17, 15) is 4.79 Å². The van der Waals surface area contributed by atoms with Crippen molar-refractivity contribution in [1.82, 2.24) is 15.0 Å². The van der Waals surface area contributed by atoms with Gasteiger partial charge in [0.15, 0.2) is 0 Å². The van der Waals surface area contributed by atoms with Gasteiger partial charge in [0.2, 0.25) is 0 Å². The number of carbonyl (C=O) groups is 1. The average molecular weight is 436 g/mol. The monoisotopic (exact) mass is 435 g/mol. The molecular weight excluding hydrogens is 414 g/mol. The summed E-state index contributed by atoms with van der Waals surface area (Å²) in [4.78, 5) is 28.2. The summed E-state index contributed by atoms with van der Waals surface area (Å²) in [5, 5.41) is 7.79. The highest BCUT2D eigenvalue weighted by atomic mass is 32.1. The molecule has 30 heavy (non-hydrogen) atoms. The number of nitrogens with one attached hydrogen (secondary N) is 2. The number of anilines is 2. The molecule has 1 amide bonds. The number of rotatable bonds is 5. The number of amides is 1. The van der Waals surface area contributed by atoms with Crippen molar-refractivity contribution < 1.29 is 4.79 Å². The molecule has 8 heteroatoms. The molecule has 1 fully saturated rings. The van der Waals surface area contributed by atoms with Crippen LogP contribution in [0.5, 0.6) is 0 Å². The summed E-state index contributed by atoms with van der Waals surface area (Å²) in [5.41, 5.74) is 3.55. The van der Waals surface area contributed by atoms with Gasteiger partial charge in [0.05, 0.1) is 22.6 Å². The van der Waals surface area contributed by atoms with Gasteiger partial charge in [0, 0.05) is 36.3 Å². The third-order valence-corrected chi connectivity index (χ3v) is 7.30. The van der Waals surface area contributed by atoms with Gasteiger partial charge in [-0.15, -0.1) is 22.7 Å². The molecule has 6 nitrogen and oxygen atoms in total. The topological polar surface area (TPSA) is 73.9 Å². The van der Waals surface area contributed by atoms with Crippen molar-refractivity contribution in [2.75, 3.05) is 23.3 Å². The van der Waals surface area contributed by atoms with Crippen LogP contribution in [-0.2, 0) is 0 Å². The normalized spacial score (nSPS) is 14.7. The Kier molecular flexibility index (Phi) is 5.33. The number of aromatic nitrogens is 3. The molecular formula is C22H21N5OS2. The van der Waals surface area contributed by atoms with Gasteiger partial charge < -0.3 is 15.2 Å². The molecule has 4 aromatic rings. The van der Waals surface area contributed by atoms with Gasteiger partial charge in [0.1, 0.15) is 10.7 Å². The van der Waals surface area contributed by atoms with Crippen molar-refractivity contribution in [2.24, 2.45) is 0 Å². The first-order chi connectivity index (χ1) is 14.8. The third kappa shape index (κ3) is 3.88. The van der Waals surface area contributed by atoms with E-state index in [1.54, 1.807) is 17.7 Å². The van der Waals surface area contributed by atoms with E-state index in [0.29, 0.717) is 11.6 Å². The number of carbonyl (C=O) groups excluding carboxylic acids is 1. The smallest absolute Gasteiger partial charge is 0.275 e. The highest BCUT2D eigenvalue weighted by Crippen LogP contribution is 2.33. The summed E-state index contributed by atoms with van der Waals surface area (Å²) >= 11 is 3.13. The Morgan fingerprint density at radius 2 is 2.00 bits per heavy atom. The van der Waals surface area contributed by atoms with Crippen molar-refractivity contribution in [1.29, 1.82) is 0 Å². The van der Waals surface area contributed by atoms with Crippen molar-refractivity contribution in [3.8, 4) is 9.88 Å². The molecule has 0 radical (unpaired) electrons. The Morgan fingerprint density at radius 1 is 1.13 bits per heavy atom. The number of nitrogens with zero attached hydrogens (tertiary/aromatic N) is 3. The second-order valence-electron chi connectivity index (χ2n) is 7.25. The molecule has 1 aromatic carbocycles. The number of imidazole rings is 1. The minimum Gasteiger partial charge on any atom is -0.370 e. The number of piperidine rings is 1. The van der Waals surface area contributed by atoms with Crippen LogP contribution in [0.15, 0.2) is 59.7 Å². The van der Waals surface area contributed by atoms with Gasteiger partial charge in [-0.3, -0.25) is 4.79 Å². The lowest BCUT2D eigenvalue weighted by Crippen LogP contribution is -2.33. The van der Waals surface area contributed by atoms with Crippen LogP contribution < -0.4 is 10.2 Å². The SMILES string of the molecule is O=C(Nc1ccccc1N1CCC(c2cnc[nH]2)CC1)c1csc(-c2cccs2)n1. The van der Waals surface area contributed by atoms with E-state index in [1.807, 2.05) is 47.3 Å². The number of benzene rings is 1. The minimum absolute atomic E-state index is 0.172. The van der Waals surface area contributed by atoms with Crippen molar-refractivity contribution in [3.05, 3.63) is 71.1 Å². The number of hydrogen-bond acceptors (Lipinski definition) is 6. The lowest BCUT2D eigenvalue weighted by molar-refractivity contribution is 0.102. The summed E-state index contributed by atoms with van der Waals surface area (Å²) < 4.78 is 0. The number of H-pyrrole nitrogens is 1. The lowest BCUT2D eigenvalue weighted by Gasteiger charge is -2.34. The van der Waals surface area contributed by atoms with Crippen molar-refractivity contribution in [3.63, 3.8) is 0 Å². The number of hydrogen-bond donors (Lipinski definition) is 2. The maximum absolute atomic E-state index is 12.8. The summed E-state index contributed by atoms with van der Waals surface area (Å²) in [5.74, 6) is 0.338.